The van der Waals surface area contributed by atoms with Crippen molar-refractivity contribution in [3.63, 3.8) is 0 Å². The predicted molar refractivity (Wildman–Crippen MR) is 138 cm³/mol. The minimum absolute atomic E-state index is 0.00610. The number of amidine groups is 1. The largest absolute Gasteiger partial charge is 0.368 e. The van der Waals surface area contributed by atoms with Crippen molar-refractivity contribution in [2.45, 2.75) is 45.6 Å². The zero-order chi connectivity index (χ0) is 24.9. The molecule has 1 aromatic rings. The Morgan fingerprint density at radius 1 is 1.21 bits per heavy atom. The van der Waals surface area contributed by atoms with E-state index in [1.165, 1.54) is 11.4 Å². The van der Waals surface area contributed by atoms with Crippen molar-refractivity contribution in [3.05, 3.63) is 45.3 Å². The van der Waals surface area contributed by atoms with Crippen molar-refractivity contribution in [1.29, 1.82) is 0 Å². The molecule has 34 heavy (non-hydrogen) atoms. The second kappa shape index (κ2) is 11.5. The highest BCUT2D eigenvalue weighted by Gasteiger charge is 2.31. The van der Waals surface area contributed by atoms with E-state index in [0.29, 0.717) is 30.1 Å². The molecule has 0 saturated heterocycles. The predicted octanol–water partition coefficient (Wildman–Crippen LogP) is 2.78. The molecular formula is C24H34ClN5O3S. The molecule has 2 aliphatic rings. The third-order valence-electron chi connectivity index (χ3n) is 6.06. The molecule has 0 bridgehead atoms. The van der Waals surface area contributed by atoms with E-state index in [2.05, 4.69) is 27.4 Å². The first-order valence-electron chi connectivity index (χ1n) is 11.6. The van der Waals surface area contributed by atoms with E-state index in [9.17, 15) is 13.2 Å². The number of allylic oxidation sites excluding steroid dienone is 1. The number of hydrogen-bond donors (Lipinski definition) is 1. The average Bonchev–Trinajstić information content (AvgIpc) is 3.31. The molecule has 0 fully saturated rings. The molecule has 2 aliphatic heterocycles. The molecule has 2 heterocycles. The van der Waals surface area contributed by atoms with Gasteiger partial charge in [-0.3, -0.25) is 14.8 Å². The number of aliphatic imine (C=N–C) groups is 2. The Bertz CT molecular complexity index is 1100. The first kappa shape index (κ1) is 26.4. The summed E-state index contributed by atoms with van der Waals surface area (Å²) in [4.78, 5) is 23.1. The molecular weight excluding hydrogens is 474 g/mol. The van der Waals surface area contributed by atoms with Crippen LogP contribution in [0.3, 0.4) is 0 Å². The lowest BCUT2D eigenvalue weighted by Gasteiger charge is -2.24. The molecule has 1 atom stereocenters. The van der Waals surface area contributed by atoms with E-state index in [1.807, 2.05) is 19.1 Å². The fourth-order valence-electron chi connectivity index (χ4n) is 4.07. The smallest absolute Gasteiger partial charge is 0.245 e. The SMILES string of the molecule is CC1=N[C@@H](C)CC(Cl)=C1S(=O)(=O)N(C)CCCC(=O)N(C)CCc1ccc(C2=NCCN2)cc1. The van der Waals surface area contributed by atoms with Crippen LogP contribution in [0.5, 0.6) is 0 Å². The van der Waals surface area contributed by atoms with E-state index in [-0.39, 0.29) is 29.8 Å². The third-order valence-corrected chi connectivity index (χ3v) is 8.58. The number of carbonyl (C=O) groups is 1. The van der Waals surface area contributed by atoms with Crippen LogP contribution in [-0.4, -0.2) is 81.4 Å². The summed E-state index contributed by atoms with van der Waals surface area (Å²) in [7, 11) is -0.450. The Morgan fingerprint density at radius 2 is 1.91 bits per heavy atom. The molecule has 1 amide bonds. The highest BCUT2D eigenvalue weighted by atomic mass is 35.5. The van der Waals surface area contributed by atoms with Crippen LogP contribution in [0.4, 0.5) is 0 Å². The molecule has 0 aromatic heterocycles. The van der Waals surface area contributed by atoms with Gasteiger partial charge in [-0.25, -0.2) is 12.7 Å². The van der Waals surface area contributed by atoms with Gasteiger partial charge >= 0.3 is 0 Å². The van der Waals surface area contributed by atoms with Crippen molar-refractivity contribution < 1.29 is 13.2 Å². The van der Waals surface area contributed by atoms with Crippen LogP contribution in [0.2, 0.25) is 0 Å². The molecule has 0 radical (unpaired) electrons. The van der Waals surface area contributed by atoms with Crippen LogP contribution < -0.4 is 5.32 Å². The van der Waals surface area contributed by atoms with Crippen LogP contribution in [-0.2, 0) is 21.2 Å². The van der Waals surface area contributed by atoms with Gasteiger partial charge in [0.25, 0.3) is 0 Å². The second-order valence-corrected chi connectivity index (χ2v) is 11.3. The number of nitrogens with zero attached hydrogens (tertiary/aromatic N) is 4. The molecule has 0 unspecified atom stereocenters. The van der Waals surface area contributed by atoms with Crippen molar-refractivity contribution in [2.75, 3.05) is 40.3 Å². The number of dihydropyridines is 1. The Kier molecular flexibility index (Phi) is 8.89. The number of sulfonamides is 1. The number of carbonyl (C=O) groups excluding carboxylic acids is 1. The second-order valence-electron chi connectivity index (χ2n) is 8.85. The molecule has 0 spiro atoms. The van der Waals surface area contributed by atoms with E-state index in [4.69, 9.17) is 11.6 Å². The van der Waals surface area contributed by atoms with Crippen LogP contribution in [0.1, 0.15) is 44.2 Å². The van der Waals surface area contributed by atoms with Gasteiger partial charge in [0.2, 0.25) is 15.9 Å². The van der Waals surface area contributed by atoms with Crippen molar-refractivity contribution >= 4 is 39.1 Å². The minimum Gasteiger partial charge on any atom is -0.368 e. The van der Waals surface area contributed by atoms with Crippen LogP contribution in [0, 0.1) is 0 Å². The highest BCUT2D eigenvalue weighted by molar-refractivity contribution is 7.94. The summed E-state index contributed by atoms with van der Waals surface area (Å²) >= 11 is 6.28. The maximum Gasteiger partial charge on any atom is 0.245 e. The van der Waals surface area contributed by atoms with Crippen LogP contribution >= 0.6 is 11.6 Å². The number of nitrogens with one attached hydrogen (secondary N) is 1. The van der Waals surface area contributed by atoms with Gasteiger partial charge in [0.1, 0.15) is 10.7 Å². The van der Waals surface area contributed by atoms with Gasteiger partial charge in [0.05, 0.1) is 18.3 Å². The van der Waals surface area contributed by atoms with Crippen LogP contribution in [0.25, 0.3) is 0 Å². The normalized spacial score (nSPS) is 18.6. The molecule has 1 N–H and O–H groups in total. The van der Waals surface area contributed by atoms with Gasteiger partial charge in [-0.1, -0.05) is 35.9 Å². The van der Waals surface area contributed by atoms with Gasteiger partial charge in [0, 0.05) is 57.2 Å². The number of likely N-dealkylation sites (N-methyl/N-ethyl adjacent to an activating group) is 1. The van der Waals surface area contributed by atoms with Crippen LogP contribution in [0.15, 0.2) is 44.2 Å². The zero-order valence-electron chi connectivity index (χ0n) is 20.3. The Hall–Kier alpha value is -2.23. The molecule has 3 rings (SSSR count). The van der Waals surface area contributed by atoms with E-state index in [0.717, 1.165) is 36.5 Å². The van der Waals surface area contributed by atoms with Crippen molar-refractivity contribution in [2.24, 2.45) is 9.98 Å². The Labute approximate surface area is 207 Å². The summed E-state index contributed by atoms with van der Waals surface area (Å²) in [5, 5.41) is 3.58. The zero-order valence-corrected chi connectivity index (χ0v) is 21.9. The maximum absolute atomic E-state index is 13.0. The quantitative estimate of drug-likeness (QED) is 0.527. The number of hydrogen-bond acceptors (Lipinski definition) is 6. The summed E-state index contributed by atoms with van der Waals surface area (Å²) in [6.07, 6.45) is 1.87. The lowest BCUT2D eigenvalue weighted by Crippen LogP contribution is -2.34. The summed E-state index contributed by atoms with van der Waals surface area (Å²) in [6.45, 7) is 6.10. The summed E-state index contributed by atoms with van der Waals surface area (Å²) < 4.78 is 27.2. The Balaban J connectivity index is 1.45. The number of amides is 1. The number of rotatable bonds is 10. The van der Waals surface area contributed by atoms with Gasteiger partial charge in [-0.05, 0) is 32.3 Å². The molecule has 1 aromatic carbocycles. The molecule has 186 valence electrons. The standard InChI is InChI=1S/C24H34ClN5O3S/c1-17-16-21(25)23(18(2)28-17)34(32,33)30(4)14-5-6-22(31)29(3)15-11-19-7-9-20(10-8-19)24-26-12-13-27-24/h7-10,17H,5-6,11-16H2,1-4H3,(H,26,27)/t17-/m0/s1. The van der Waals surface area contributed by atoms with Gasteiger partial charge in [0.15, 0.2) is 0 Å². The van der Waals surface area contributed by atoms with Gasteiger partial charge in [-0.15, -0.1) is 0 Å². The monoisotopic (exact) mass is 507 g/mol. The topological polar surface area (TPSA) is 94.4 Å². The fraction of sp³-hybridized carbons (Fsp3) is 0.542. The summed E-state index contributed by atoms with van der Waals surface area (Å²) in [5.41, 5.74) is 2.66. The third kappa shape index (κ3) is 6.46. The molecule has 8 nitrogen and oxygen atoms in total. The molecule has 10 heteroatoms. The lowest BCUT2D eigenvalue weighted by molar-refractivity contribution is -0.130. The highest BCUT2D eigenvalue weighted by Crippen LogP contribution is 2.29. The van der Waals surface area contributed by atoms with Crippen molar-refractivity contribution in [1.82, 2.24) is 14.5 Å². The first-order valence-corrected chi connectivity index (χ1v) is 13.4. The summed E-state index contributed by atoms with van der Waals surface area (Å²) in [6, 6.07) is 8.19. The number of benzene rings is 1. The van der Waals surface area contributed by atoms with E-state index >= 15 is 0 Å². The first-order chi connectivity index (χ1) is 16.1. The van der Waals surface area contributed by atoms with Crippen molar-refractivity contribution in [3.8, 4) is 0 Å². The summed E-state index contributed by atoms with van der Waals surface area (Å²) in [5.74, 6) is 0.929. The average molecular weight is 508 g/mol. The molecule has 0 aliphatic carbocycles. The lowest BCUT2D eigenvalue weighted by atomic mass is 10.1. The van der Waals surface area contributed by atoms with E-state index < -0.39 is 10.0 Å². The van der Waals surface area contributed by atoms with Gasteiger partial charge < -0.3 is 10.2 Å². The number of halogens is 1. The fourth-order valence-corrected chi connectivity index (χ4v) is 6.19. The van der Waals surface area contributed by atoms with Gasteiger partial charge in [-0.2, -0.15) is 0 Å². The minimum atomic E-state index is -3.75. The van der Waals surface area contributed by atoms with E-state index in [1.54, 1.807) is 18.9 Å². The maximum atomic E-state index is 13.0. The Morgan fingerprint density at radius 3 is 2.53 bits per heavy atom. The molecule has 0 saturated carbocycles.